The summed E-state index contributed by atoms with van der Waals surface area (Å²) in [4.78, 5) is 6.73. The summed E-state index contributed by atoms with van der Waals surface area (Å²) in [5, 5.41) is 3.46. The third kappa shape index (κ3) is 2.60. The molecule has 88 valence electrons. The topological polar surface area (TPSA) is 28.2 Å². The SMILES string of the molecule is CCC1CNCCN1Cc1ccncc1C. The maximum absolute atomic E-state index is 4.15. The van der Waals surface area contributed by atoms with Crippen molar-refractivity contribution in [1.82, 2.24) is 15.2 Å². The van der Waals surface area contributed by atoms with Crippen LogP contribution >= 0.6 is 0 Å². The molecular formula is C13H21N3. The Hall–Kier alpha value is -0.930. The summed E-state index contributed by atoms with van der Waals surface area (Å²) in [6.45, 7) is 8.87. The fraction of sp³-hybridized carbons (Fsp3) is 0.615. The van der Waals surface area contributed by atoms with Gasteiger partial charge >= 0.3 is 0 Å². The molecule has 1 aliphatic heterocycles. The standard InChI is InChI=1S/C13H21N3/c1-3-13-9-15-6-7-16(13)10-12-4-5-14-8-11(12)2/h4-5,8,13,15H,3,6-7,9-10H2,1-2H3. The third-order valence-corrected chi connectivity index (χ3v) is 3.45. The van der Waals surface area contributed by atoms with Gasteiger partial charge in [0.05, 0.1) is 0 Å². The van der Waals surface area contributed by atoms with E-state index < -0.39 is 0 Å². The first-order valence-corrected chi connectivity index (χ1v) is 6.15. The lowest BCUT2D eigenvalue weighted by Crippen LogP contribution is -2.50. The molecule has 2 heterocycles. The highest BCUT2D eigenvalue weighted by molar-refractivity contribution is 5.21. The van der Waals surface area contributed by atoms with Gasteiger partial charge in [0.1, 0.15) is 0 Å². The van der Waals surface area contributed by atoms with Gasteiger partial charge in [-0.05, 0) is 30.5 Å². The Morgan fingerprint density at radius 1 is 1.56 bits per heavy atom. The Bertz CT molecular complexity index is 338. The molecule has 0 bridgehead atoms. The molecule has 0 radical (unpaired) electrons. The molecule has 2 rings (SSSR count). The first kappa shape index (κ1) is 11.6. The Balaban J connectivity index is 2.05. The van der Waals surface area contributed by atoms with Crippen LogP contribution in [0.5, 0.6) is 0 Å². The second kappa shape index (κ2) is 5.41. The zero-order chi connectivity index (χ0) is 11.4. The third-order valence-electron chi connectivity index (χ3n) is 3.45. The maximum Gasteiger partial charge on any atom is 0.0300 e. The van der Waals surface area contributed by atoms with E-state index in [1.54, 1.807) is 0 Å². The van der Waals surface area contributed by atoms with Gasteiger partial charge in [-0.25, -0.2) is 0 Å². The molecule has 0 spiro atoms. The Morgan fingerprint density at radius 2 is 2.44 bits per heavy atom. The van der Waals surface area contributed by atoms with E-state index in [0.717, 1.165) is 26.2 Å². The highest BCUT2D eigenvalue weighted by Crippen LogP contribution is 2.14. The van der Waals surface area contributed by atoms with Crippen LogP contribution in [0.2, 0.25) is 0 Å². The van der Waals surface area contributed by atoms with Crippen LogP contribution in [-0.2, 0) is 6.54 Å². The van der Waals surface area contributed by atoms with E-state index in [9.17, 15) is 0 Å². The largest absolute Gasteiger partial charge is 0.314 e. The van der Waals surface area contributed by atoms with Gasteiger partial charge in [-0.3, -0.25) is 9.88 Å². The van der Waals surface area contributed by atoms with Gasteiger partial charge in [-0.1, -0.05) is 6.92 Å². The van der Waals surface area contributed by atoms with Gasteiger partial charge in [-0.15, -0.1) is 0 Å². The maximum atomic E-state index is 4.15. The van der Waals surface area contributed by atoms with Gasteiger partial charge in [0.2, 0.25) is 0 Å². The number of pyridine rings is 1. The molecule has 3 heteroatoms. The van der Waals surface area contributed by atoms with Crippen LogP contribution in [0.4, 0.5) is 0 Å². The number of hydrogen-bond acceptors (Lipinski definition) is 3. The lowest BCUT2D eigenvalue weighted by Gasteiger charge is -2.36. The van der Waals surface area contributed by atoms with E-state index in [0.29, 0.717) is 6.04 Å². The van der Waals surface area contributed by atoms with E-state index in [1.807, 2.05) is 12.4 Å². The fourth-order valence-corrected chi connectivity index (χ4v) is 2.31. The molecule has 1 N–H and O–H groups in total. The summed E-state index contributed by atoms with van der Waals surface area (Å²) < 4.78 is 0. The summed E-state index contributed by atoms with van der Waals surface area (Å²) in [5.41, 5.74) is 2.71. The lowest BCUT2D eigenvalue weighted by atomic mass is 10.1. The van der Waals surface area contributed by atoms with Crippen molar-refractivity contribution in [2.24, 2.45) is 0 Å². The van der Waals surface area contributed by atoms with Crippen molar-refractivity contribution in [3.63, 3.8) is 0 Å². The average Bonchev–Trinajstić information content (AvgIpc) is 2.33. The normalized spacial score (nSPS) is 22.2. The molecule has 1 aliphatic rings. The Morgan fingerprint density at radius 3 is 3.19 bits per heavy atom. The monoisotopic (exact) mass is 219 g/mol. The van der Waals surface area contributed by atoms with E-state index in [4.69, 9.17) is 0 Å². The quantitative estimate of drug-likeness (QED) is 0.836. The van der Waals surface area contributed by atoms with E-state index in [2.05, 4.69) is 35.1 Å². The van der Waals surface area contributed by atoms with E-state index in [1.165, 1.54) is 17.5 Å². The fourth-order valence-electron chi connectivity index (χ4n) is 2.31. The van der Waals surface area contributed by atoms with Crippen LogP contribution in [0.3, 0.4) is 0 Å². The number of piperazine rings is 1. The summed E-state index contributed by atoms with van der Waals surface area (Å²) in [7, 11) is 0. The molecule has 1 unspecified atom stereocenters. The molecule has 1 aromatic rings. The molecule has 0 saturated carbocycles. The smallest absolute Gasteiger partial charge is 0.0300 e. The van der Waals surface area contributed by atoms with Gasteiger partial charge in [-0.2, -0.15) is 0 Å². The minimum atomic E-state index is 0.682. The van der Waals surface area contributed by atoms with Crippen LogP contribution in [-0.4, -0.2) is 35.6 Å². The van der Waals surface area contributed by atoms with Crippen LogP contribution in [0.25, 0.3) is 0 Å². The zero-order valence-corrected chi connectivity index (χ0v) is 10.2. The summed E-state index contributed by atoms with van der Waals surface area (Å²) >= 11 is 0. The Kier molecular flexibility index (Phi) is 3.91. The number of hydrogen-bond donors (Lipinski definition) is 1. The number of rotatable bonds is 3. The summed E-state index contributed by atoms with van der Waals surface area (Å²) in [5.74, 6) is 0. The van der Waals surface area contributed by atoms with Crippen molar-refractivity contribution in [3.05, 3.63) is 29.6 Å². The number of nitrogens with zero attached hydrogens (tertiary/aromatic N) is 2. The molecule has 1 saturated heterocycles. The minimum Gasteiger partial charge on any atom is -0.314 e. The molecule has 0 aliphatic carbocycles. The van der Waals surface area contributed by atoms with Crippen molar-refractivity contribution in [1.29, 1.82) is 0 Å². The predicted molar refractivity (Wildman–Crippen MR) is 66.3 cm³/mol. The molecule has 0 amide bonds. The van der Waals surface area contributed by atoms with Crippen molar-refractivity contribution in [2.45, 2.75) is 32.9 Å². The van der Waals surface area contributed by atoms with Crippen LogP contribution < -0.4 is 5.32 Å². The Labute approximate surface area is 97.9 Å². The number of aromatic nitrogens is 1. The molecular weight excluding hydrogens is 198 g/mol. The lowest BCUT2D eigenvalue weighted by molar-refractivity contribution is 0.149. The molecule has 16 heavy (non-hydrogen) atoms. The predicted octanol–water partition coefficient (Wildman–Crippen LogP) is 1.57. The molecule has 1 aromatic heterocycles. The van der Waals surface area contributed by atoms with Crippen LogP contribution in [0.1, 0.15) is 24.5 Å². The van der Waals surface area contributed by atoms with Crippen molar-refractivity contribution in [3.8, 4) is 0 Å². The number of aryl methyl sites for hydroxylation is 1. The van der Waals surface area contributed by atoms with Crippen LogP contribution in [0.15, 0.2) is 18.5 Å². The van der Waals surface area contributed by atoms with Crippen molar-refractivity contribution >= 4 is 0 Å². The van der Waals surface area contributed by atoms with E-state index in [-0.39, 0.29) is 0 Å². The van der Waals surface area contributed by atoms with Gasteiger partial charge in [0.25, 0.3) is 0 Å². The highest BCUT2D eigenvalue weighted by atomic mass is 15.2. The number of nitrogens with one attached hydrogen (secondary N) is 1. The van der Waals surface area contributed by atoms with Crippen molar-refractivity contribution in [2.75, 3.05) is 19.6 Å². The zero-order valence-electron chi connectivity index (χ0n) is 10.2. The van der Waals surface area contributed by atoms with E-state index >= 15 is 0 Å². The average molecular weight is 219 g/mol. The van der Waals surface area contributed by atoms with Crippen molar-refractivity contribution < 1.29 is 0 Å². The summed E-state index contributed by atoms with van der Waals surface area (Å²) in [6.07, 6.45) is 5.07. The first-order chi connectivity index (χ1) is 7.81. The molecule has 1 atom stereocenters. The molecule has 0 aromatic carbocycles. The molecule has 1 fully saturated rings. The van der Waals surface area contributed by atoms with Crippen LogP contribution in [0, 0.1) is 6.92 Å². The van der Waals surface area contributed by atoms with Gasteiger partial charge in [0, 0.05) is 44.6 Å². The summed E-state index contributed by atoms with van der Waals surface area (Å²) in [6, 6.07) is 2.82. The molecule has 3 nitrogen and oxygen atoms in total. The second-order valence-electron chi connectivity index (χ2n) is 4.54. The highest BCUT2D eigenvalue weighted by Gasteiger charge is 2.20. The van der Waals surface area contributed by atoms with Gasteiger partial charge < -0.3 is 5.32 Å². The minimum absolute atomic E-state index is 0.682. The second-order valence-corrected chi connectivity index (χ2v) is 4.54. The van der Waals surface area contributed by atoms with Gasteiger partial charge in [0.15, 0.2) is 0 Å². The first-order valence-electron chi connectivity index (χ1n) is 6.15.